The predicted octanol–water partition coefficient (Wildman–Crippen LogP) is 2.91. The first-order valence-corrected chi connectivity index (χ1v) is 9.26. The third-order valence-corrected chi connectivity index (χ3v) is 5.11. The van der Waals surface area contributed by atoms with Gasteiger partial charge in [0.2, 0.25) is 11.6 Å². The molecule has 0 unspecified atom stereocenters. The van der Waals surface area contributed by atoms with Crippen LogP contribution in [-0.4, -0.2) is 45.0 Å². The number of aliphatic hydroxyl groups is 1. The minimum Gasteiger partial charge on any atom is -0.507 e. The molecule has 3 aromatic carbocycles. The van der Waals surface area contributed by atoms with Crippen LogP contribution in [0, 0.1) is 10.1 Å². The molecule has 0 bridgehead atoms. The van der Waals surface area contributed by atoms with Gasteiger partial charge in [0.15, 0.2) is 0 Å². The topological polar surface area (TPSA) is 141 Å². The summed E-state index contributed by atoms with van der Waals surface area (Å²) in [6.45, 7) is -0.234. The SMILES string of the molecule is O=C1c2c(O)ccc(N(CCO)c3ccccc3)c2C(=O)c2c([N+](=O)[O-])ccc(O)c21. The van der Waals surface area contributed by atoms with Crippen molar-refractivity contribution < 1.29 is 29.8 Å². The smallest absolute Gasteiger partial charge is 0.281 e. The number of fused-ring (bicyclic) bond motifs is 2. The highest BCUT2D eigenvalue weighted by atomic mass is 16.6. The Morgan fingerprint density at radius 2 is 1.39 bits per heavy atom. The normalized spacial score (nSPS) is 12.3. The number of benzene rings is 3. The van der Waals surface area contributed by atoms with Crippen molar-refractivity contribution in [2.45, 2.75) is 0 Å². The van der Waals surface area contributed by atoms with Gasteiger partial charge < -0.3 is 20.2 Å². The van der Waals surface area contributed by atoms with Crippen LogP contribution in [0.15, 0.2) is 54.6 Å². The van der Waals surface area contributed by atoms with Gasteiger partial charge in [0, 0.05) is 18.3 Å². The van der Waals surface area contributed by atoms with E-state index >= 15 is 0 Å². The van der Waals surface area contributed by atoms with Crippen LogP contribution >= 0.6 is 0 Å². The Morgan fingerprint density at radius 1 is 0.806 bits per heavy atom. The molecular formula is C22H16N2O7. The van der Waals surface area contributed by atoms with Gasteiger partial charge in [0.05, 0.1) is 33.9 Å². The molecule has 9 nitrogen and oxygen atoms in total. The zero-order valence-electron chi connectivity index (χ0n) is 16.0. The molecular weight excluding hydrogens is 404 g/mol. The second-order valence-electron chi connectivity index (χ2n) is 6.83. The third-order valence-electron chi connectivity index (χ3n) is 5.11. The lowest BCUT2D eigenvalue weighted by atomic mass is 9.81. The number of phenolic OH excluding ortho intramolecular Hbond substituents is 2. The summed E-state index contributed by atoms with van der Waals surface area (Å²) in [4.78, 5) is 38.9. The number of carbonyl (C=O) groups excluding carboxylic acids is 2. The van der Waals surface area contributed by atoms with Crippen molar-refractivity contribution in [2.24, 2.45) is 0 Å². The maximum atomic E-state index is 13.5. The van der Waals surface area contributed by atoms with Crippen molar-refractivity contribution in [3.05, 3.63) is 87.0 Å². The molecule has 0 amide bonds. The number of carbonyl (C=O) groups is 2. The average Bonchev–Trinajstić information content (AvgIpc) is 2.76. The minimum atomic E-state index is -0.901. The van der Waals surface area contributed by atoms with E-state index < -0.39 is 44.8 Å². The first kappa shape index (κ1) is 20.0. The van der Waals surface area contributed by atoms with E-state index in [9.17, 15) is 35.0 Å². The maximum absolute atomic E-state index is 13.5. The van der Waals surface area contributed by atoms with E-state index in [4.69, 9.17) is 0 Å². The summed E-state index contributed by atoms with van der Waals surface area (Å²) in [5.41, 5.74) is -1.48. The summed E-state index contributed by atoms with van der Waals surface area (Å²) in [6.07, 6.45) is 0. The molecule has 0 spiro atoms. The summed E-state index contributed by atoms with van der Waals surface area (Å²) in [5, 5.41) is 41.7. The molecule has 0 saturated heterocycles. The zero-order chi connectivity index (χ0) is 22.3. The number of anilines is 2. The second-order valence-corrected chi connectivity index (χ2v) is 6.83. The molecule has 4 rings (SSSR count). The molecule has 0 aliphatic heterocycles. The van der Waals surface area contributed by atoms with Gasteiger partial charge in [-0.2, -0.15) is 0 Å². The minimum absolute atomic E-state index is 0.0533. The number of nitrogens with zero attached hydrogens (tertiary/aromatic N) is 2. The van der Waals surface area contributed by atoms with Gasteiger partial charge >= 0.3 is 0 Å². The summed E-state index contributed by atoms with van der Waals surface area (Å²) >= 11 is 0. The largest absolute Gasteiger partial charge is 0.507 e. The number of para-hydroxylation sites is 1. The fraction of sp³-hybridized carbons (Fsp3) is 0.0909. The Balaban J connectivity index is 2.04. The highest BCUT2D eigenvalue weighted by molar-refractivity contribution is 6.33. The Labute approximate surface area is 175 Å². The molecule has 0 radical (unpaired) electrons. The molecule has 3 aromatic rings. The van der Waals surface area contributed by atoms with Gasteiger partial charge in [-0.05, 0) is 30.3 Å². The highest BCUT2D eigenvalue weighted by Crippen LogP contribution is 2.44. The lowest BCUT2D eigenvalue weighted by Crippen LogP contribution is -2.28. The second kappa shape index (κ2) is 7.54. The molecule has 9 heteroatoms. The van der Waals surface area contributed by atoms with Crippen LogP contribution in [0.5, 0.6) is 11.5 Å². The van der Waals surface area contributed by atoms with Gasteiger partial charge in [-0.3, -0.25) is 19.7 Å². The maximum Gasteiger partial charge on any atom is 0.281 e. The molecule has 1 aliphatic carbocycles. The Kier molecular flexibility index (Phi) is 4.88. The number of rotatable bonds is 5. The number of aliphatic hydroxyl groups excluding tert-OH is 1. The summed E-state index contributed by atoms with van der Waals surface area (Å²) in [6, 6.07) is 13.3. The monoisotopic (exact) mass is 420 g/mol. The quantitative estimate of drug-likeness (QED) is 0.331. The van der Waals surface area contributed by atoms with Crippen LogP contribution in [-0.2, 0) is 0 Å². The van der Waals surface area contributed by atoms with E-state index in [2.05, 4.69) is 0 Å². The first-order chi connectivity index (χ1) is 14.9. The molecule has 0 heterocycles. The van der Waals surface area contributed by atoms with Crippen LogP contribution in [0.1, 0.15) is 31.8 Å². The van der Waals surface area contributed by atoms with Crippen molar-refractivity contribution >= 4 is 28.6 Å². The molecule has 0 fully saturated rings. The summed E-state index contributed by atoms with van der Waals surface area (Å²) in [7, 11) is 0. The number of nitro groups is 1. The van der Waals surface area contributed by atoms with Crippen LogP contribution < -0.4 is 4.90 Å². The van der Waals surface area contributed by atoms with Gasteiger partial charge in [-0.1, -0.05) is 18.2 Å². The number of hydrogen-bond donors (Lipinski definition) is 3. The van der Waals surface area contributed by atoms with E-state index in [1.807, 2.05) is 0 Å². The van der Waals surface area contributed by atoms with E-state index in [0.29, 0.717) is 5.69 Å². The number of aromatic hydroxyl groups is 2. The summed E-state index contributed by atoms with van der Waals surface area (Å²) in [5.74, 6) is -2.87. The fourth-order valence-electron chi connectivity index (χ4n) is 3.80. The van der Waals surface area contributed by atoms with Gasteiger partial charge in [0.1, 0.15) is 17.1 Å². The molecule has 0 saturated carbocycles. The zero-order valence-corrected chi connectivity index (χ0v) is 16.0. The van der Waals surface area contributed by atoms with Crippen molar-refractivity contribution in [2.75, 3.05) is 18.1 Å². The molecule has 31 heavy (non-hydrogen) atoms. The molecule has 0 atom stereocenters. The first-order valence-electron chi connectivity index (χ1n) is 9.26. The molecule has 1 aliphatic rings. The van der Waals surface area contributed by atoms with Gasteiger partial charge in [0.25, 0.3) is 5.69 Å². The number of phenols is 2. The number of nitro benzene ring substituents is 1. The number of ketones is 2. The third kappa shape index (κ3) is 3.08. The van der Waals surface area contributed by atoms with Crippen molar-refractivity contribution in [1.29, 1.82) is 0 Å². The Bertz CT molecular complexity index is 1240. The van der Waals surface area contributed by atoms with Crippen LogP contribution in [0.3, 0.4) is 0 Å². The molecule has 3 N–H and O–H groups in total. The predicted molar refractivity (Wildman–Crippen MR) is 110 cm³/mol. The average molecular weight is 420 g/mol. The fourth-order valence-corrected chi connectivity index (χ4v) is 3.80. The summed E-state index contributed by atoms with van der Waals surface area (Å²) < 4.78 is 0. The highest BCUT2D eigenvalue weighted by Gasteiger charge is 2.41. The van der Waals surface area contributed by atoms with Gasteiger partial charge in [-0.25, -0.2) is 0 Å². The van der Waals surface area contributed by atoms with Gasteiger partial charge in [-0.15, -0.1) is 0 Å². The van der Waals surface area contributed by atoms with Crippen LogP contribution in [0.25, 0.3) is 0 Å². The van der Waals surface area contributed by atoms with E-state index in [-0.39, 0.29) is 30.0 Å². The van der Waals surface area contributed by atoms with E-state index in [1.54, 1.807) is 35.2 Å². The van der Waals surface area contributed by atoms with Crippen molar-refractivity contribution in [3.8, 4) is 11.5 Å². The Morgan fingerprint density at radius 3 is 2.00 bits per heavy atom. The molecule has 156 valence electrons. The van der Waals surface area contributed by atoms with Crippen LogP contribution in [0.4, 0.5) is 17.1 Å². The lowest BCUT2D eigenvalue weighted by molar-refractivity contribution is -0.385. The lowest BCUT2D eigenvalue weighted by Gasteiger charge is -2.29. The Hall–Kier alpha value is -4.24. The van der Waals surface area contributed by atoms with E-state index in [0.717, 1.165) is 12.1 Å². The van der Waals surface area contributed by atoms with Crippen molar-refractivity contribution in [1.82, 2.24) is 0 Å². The standard InChI is InChI=1S/C22H16N2O7/c25-11-10-23(12-4-2-1-3-5-12)13-6-8-15(26)19-17(13)21(28)18-14(24(30)31)7-9-16(27)20(18)22(19)29/h1-9,25-27H,10-11H2. The van der Waals surface area contributed by atoms with Crippen LogP contribution in [0.2, 0.25) is 0 Å². The molecule has 0 aromatic heterocycles. The number of hydrogen-bond acceptors (Lipinski definition) is 8. The van der Waals surface area contributed by atoms with E-state index in [1.165, 1.54) is 12.1 Å². The van der Waals surface area contributed by atoms with Crippen molar-refractivity contribution in [3.63, 3.8) is 0 Å².